The number of aliphatic hydroxyl groups excluding tert-OH is 1. The molecule has 1 aromatic carbocycles. The molecule has 7 rings (SSSR count). The lowest BCUT2D eigenvalue weighted by molar-refractivity contribution is -0.203. The fourth-order valence-corrected chi connectivity index (χ4v) is 12.1. The minimum Gasteiger partial charge on any atom is -0.393 e. The van der Waals surface area contributed by atoms with Gasteiger partial charge < -0.3 is 14.9 Å². The third-order valence-corrected chi connectivity index (χ3v) is 15.4. The lowest BCUT2D eigenvalue weighted by Gasteiger charge is -2.71. The first-order chi connectivity index (χ1) is 21.2. The number of hydrogen-bond acceptors (Lipinski definition) is 4. The SMILES string of the molecule is CC1(C)C2CC[C@]3(C)[C@H](CC=C4[C@H]5C[C@@](C)(C(=O)NCc6cc(-c7ccccc7)no6)CC[C@]5(C)CC[C@]43C)[C@@]2(C)CC[C@@H]1O. The molecule has 244 valence electrons. The summed E-state index contributed by atoms with van der Waals surface area (Å²) >= 11 is 0. The molecular formula is C40H56N2O3. The van der Waals surface area contributed by atoms with Gasteiger partial charge in [0.1, 0.15) is 5.69 Å². The molecule has 0 bridgehead atoms. The third kappa shape index (κ3) is 4.49. The van der Waals surface area contributed by atoms with E-state index in [-0.39, 0.29) is 39.1 Å². The van der Waals surface area contributed by atoms with E-state index in [1.165, 1.54) is 25.7 Å². The van der Waals surface area contributed by atoms with E-state index < -0.39 is 5.41 Å². The molecule has 1 heterocycles. The van der Waals surface area contributed by atoms with Gasteiger partial charge in [0.25, 0.3) is 0 Å². The molecule has 0 aliphatic heterocycles. The van der Waals surface area contributed by atoms with Gasteiger partial charge in [0.15, 0.2) is 5.76 Å². The third-order valence-electron chi connectivity index (χ3n) is 15.4. The molecule has 1 unspecified atom stereocenters. The lowest BCUT2D eigenvalue weighted by Crippen LogP contribution is -2.64. The molecule has 4 saturated carbocycles. The molecule has 5 aliphatic rings. The van der Waals surface area contributed by atoms with Gasteiger partial charge in [0.05, 0.1) is 12.6 Å². The Kier molecular flexibility index (Phi) is 7.14. The number of nitrogens with one attached hydrogen (secondary N) is 1. The van der Waals surface area contributed by atoms with Gasteiger partial charge in [-0.15, -0.1) is 0 Å². The second kappa shape index (κ2) is 10.3. The Bertz CT molecular complexity index is 1490. The number of aliphatic hydroxyl groups is 1. The van der Waals surface area contributed by atoms with E-state index in [9.17, 15) is 9.90 Å². The Labute approximate surface area is 271 Å². The van der Waals surface area contributed by atoms with Crippen LogP contribution in [0.5, 0.6) is 0 Å². The largest absolute Gasteiger partial charge is 0.393 e. The van der Waals surface area contributed by atoms with Crippen molar-refractivity contribution >= 4 is 5.91 Å². The minimum atomic E-state index is -0.406. The predicted octanol–water partition coefficient (Wildman–Crippen LogP) is 9.12. The number of nitrogens with zero attached hydrogens (tertiary/aromatic N) is 1. The lowest BCUT2D eigenvalue weighted by atomic mass is 9.33. The van der Waals surface area contributed by atoms with Crippen LogP contribution < -0.4 is 5.32 Å². The van der Waals surface area contributed by atoms with Crippen molar-refractivity contribution in [1.82, 2.24) is 10.5 Å². The molecule has 2 aromatic rings. The molecule has 1 amide bonds. The fraction of sp³-hybridized carbons (Fsp3) is 0.700. The molecule has 0 radical (unpaired) electrons. The van der Waals surface area contributed by atoms with Crippen LogP contribution in [0.25, 0.3) is 11.3 Å². The van der Waals surface area contributed by atoms with Crippen LogP contribution in [-0.2, 0) is 11.3 Å². The second-order valence-corrected chi connectivity index (χ2v) is 17.9. The first kappa shape index (κ1) is 31.2. The van der Waals surface area contributed by atoms with E-state index in [1.807, 2.05) is 36.4 Å². The molecule has 5 heteroatoms. The van der Waals surface area contributed by atoms with E-state index in [2.05, 4.69) is 65.0 Å². The maximum absolute atomic E-state index is 14.0. The summed E-state index contributed by atoms with van der Waals surface area (Å²) in [5, 5.41) is 18.5. The van der Waals surface area contributed by atoms with Crippen molar-refractivity contribution in [1.29, 1.82) is 0 Å². The zero-order valence-corrected chi connectivity index (χ0v) is 28.8. The smallest absolute Gasteiger partial charge is 0.226 e. The summed E-state index contributed by atoms with van der Waals surface area (Å²) < 4.78 is 5.61. The van der Waals surface area contributed by atoms with Crippen LogP contribution in [0.2, 0.25) is 0 Å². The highest BCUT2D eigenvalue weighted by atomic mass is 16.5. The summed E-state index contributed by atoms with van der Waals surface area (Å²) in [4.78, 5) is 14.0. The van der Waals surface area contributed by atoms with E-state index in [4.69, 9.17) is 4.52 Å². The van der Waals surface area contributed by atoms with Crippen molar-refractivity contribution in [2.45, 2.75) is 125 Å². The Morgan fingerprint density at radius 2 is 1.67 bits per heavy atom. The highest BCUT2D eigenvalue weighted by Crippen LogP contribution is 2.75. The van der Waals surface area contributed by atoms with Crippen LogP contribution in [0.15, 0.2) is 52.6 Å². The summed E-state index contributed by atoms with van der Waals surface area (Å²) in [5.41, 5.74) is 3.94. The van der Waals surface area contributed by atoms with E-state index >= 15 is 0 Å². The zero-order chi connectivity index (χ0) is 32.0. The van der Waals surface area contributed by atoms with Crippen LogP contribution in [-0.4, -0.2) is 22.3 Å². The summed E-state index contributed by atoms with van der Waals surface area (Å²) in [6, 6.07) is 12.0. The van der Waals surface area contributed by atoms with Crippen molar-refractivity contribution in [2.24, 2.45) is 50.2 Å². The fourth-order valence-electron chi connectivity index (χ4n) is 12.1. The Morgan fingerprint density at radius 1 is 0.933 bits per heavy atom. The van der Waals surface area contributed by atoms with Gasteiger partial charge in [-0.3, -0.25) is 4.79 Å². The monoisotopic (exact) mass is 612 g/mol. The van der Waals surface area contributed by atoms with Crippen LogP contribution in [0.1, 0.15) is 118 Å². The number of rotatable bonds is 4. The Balaban J connectivity index is 1.12. The predicted molar refractivity (Wildman–Crippen MR) is 179 cm³/mol. The van der Waals surface area contributed by atoms with Crippen molar-refractivity contribution in [3.63, 3.8) is 0 Å². The first-order valence-corrected chi connectivity index (χ1v) is 17.8. The maximum Gasteiger partial charge on any atom is 0.226 e. The number of amides is 1. The van der Waals surface area contributed by atoms with E-state index in [0.717, 1.165) is 49.8 Å². The molecule has 4 fully saturated rings. The van der Waals surface area contributed by atoms with Crippen molar-refractivity contribution in [3.8, 4) is 11.3 Å². The van der Waals surface area contributed by atoms with Crippen molar-refractivity contribution in [3.05, 3.63) is 53.8 Å². The number of fused-ring (bicyclic) bond motifs is 7. The van der Waals surface area contributed by atoms with Gasteiger partial charge in [-0.1, -0.05) is 95.6 Å². The number of carbonyl (C=O) groups is 1. The van der Waals surface area contributed by atoms with Crippen LogP contribution in [0, 0.1) is 50.2 Å². The van der Waals surface area contributed by atoms with Gasteiger partial charge in [-0.2, -0.15) is 0 Å². The molecular weight excluding hydrogens is 556 g/mol. The van der Waals surface area contributed by atoms with Crippen molar-refractivity contribution < 1.29 is 14.4 Å². The number of carbonyl (C=O) groups excluding carboxylic acids is 1. The van der Waals surface area contributed by atoms with Gasteiger partial charge in [-0.05, 0) is 109 Å². The van der Waals surface area contributed by atoms with Crippen molar-refractivity contribution in [2.75, 3.05) is 0 Å². The molecule has 5 nitrogen and oxygen atoms in total. The normalized spacial score (nSPS) is 43.6. The number of aromatic nitrogens is 1. The topological polar surface area (TPSA) is 75.4 Å². The maximum atomic E-state index is 14.0. The summed E-state index contributed by atoms with van der Waals surface area (Å²) in [6.45, 7) is 17.6. The molecule has 5 aliphatic carbocycles. The molecule has 9 atom stereocenters. The highest BCUT2D eigenvalue weighted by Gasteiger charge is 2.68. The Hall–Kier alpha value is -2.40. The van der Waals surface area contributed by atoms with Gasteiger partial charge in [-0.25, -0.2) is 0 Å². The number of hydrogen-bond donors (Lipinski definition) is 2. The Morgan fingerprint density at radius 3 is 2.42 bits per heavy atom. The summed E-state index contributed by atoms with van der Waals surface area (Å²) in [6.07, 6.45) is 13.6. The van der Waals surface area contributed by atoms with E-state index in [0.29, 0.717) is 30.1 Å². The second-order valence-electron chi connectivity index (χ2n) is 17.9. The highest BCUT2D eigenvalue weighted by molar-refractivity contribution is 5.82. The quantitative estimate of drug-likeness (QED) is 0.338. The van der Waals surface area contributed by atoms with Crippen LogP contribution in [0.4, 0.5) is 0 Å². The average Bonchev–Trinajstić information content (AvgIpc) is 3.49. The average molecular weight is 613 g/mol. The molecule has 2 N–H and O–H groups in total. The molecule has 0 saturated heterocycles. The van der Waals surface area contributed by atoms with Gasteiger partial charge >= 0.3 is 0 Å². The van der Waals surface area contributed by atoms with E-state index in [1.54, 1.807) is 5.57 Å². The zero-order valence-electron chi connectivity index (χ0n) is 28.8. The molecule has 0 spiro atoms. The first-order valence-electron chi connectivity index (χ1n) is 17.8. The van der Waals surface area contributed by atoms with Crippen LogP contribution >= 0.6 is 0 Å². The number of allylic oxidation sites excluding steroid dienone is 2. The van der Waals surface area contributed by atoms with Crippen LogP contribution in [0.3, 0.4) is 0 Å². The minimum absolute atomic E-state index is 0.0300. The number of benzene rings is 1. The summed E-state index contributed by atoms with van der Waals surface area (Å²) in [5.74, 6) is 2.46. The van der Waals surface area contributed by atoms with Gasteiger partial charge in [0.2, 0.25) is 5.91 Å². The standard InChI is InChI=1S/C40H56N2O3/c1-35(2)31-15-18-40(7)32(38(31,5)17-16-33(35)43)14-13-28-29-24-37(4,20-19-36(29,3)21-22-39(28,40)6)34(44)41-25-27-23-30(42-45-27)26-11-9-8-10-12-26/h8-13,23,29,31-33,43H,14-22,24-25H2,1-7H3,(H,41,44)/t29-,31?,32-,33+,36-,37+,38+,39-,40-/m1/s1. The van der Waals surface area contributed by atoms with Gasteiger partial charge in [0, 0.05) is 17.0 Å². The molecule has 1 aromatic heterocycles. The summed E-state index contributed by atoms with van der Waals surface area (Å²) in [7, 11) is 0. The molecule has 45 heavy (non-hydrogen) atoms.